The molecular formula is C23H31ClN4OS. The number of rotatable bonds is 4. The molecule has 0 N–H and O–H groups in total. The van der Waals surface area contributed by atoms with E-state index in [4.69, 9.17) is 21.6 Å². The van der Waals surface area contributed by atoms with Crippen LogP contribution in [0.1, 0.15) is 68.1 Å². The Morgan fingerprint density at radius 1 is 1.10 bits per heavy atom. The highest BCUT2D eigenvalue weighted by molar-refractivity contribution is 7.19. The van der Waals surface area contributed by atoms with Gasteiger partial charge in [-0.3, -0.25) is 4.79 Å². The molecule has 1 saturated heterocycles. The monoisotopic (exact) mass is 446 g/mol. The van der Waals surface area contributed by atoms with Gasteiger partial charge in [-0.25, -0.2) is 9.97 Å². The topological polar surface area (TPSA) is 49.3 Å². The van der Waals surface area contributed by atoms with Crippen molar-refractivity contribution in [3.8, 4) is 0 Å². The first-order valence-electron chi connectivity index (χ1n) is 11.4. The van der Waals surface area contributed by atoms with Gasteiger partial charge in [-0.05, 0) is 57.9 Å². The normalized spacial score (nSPS) is 20.4. The Bertz CT molecular complexity index is 960. The fourth-order valence-electron chi connectivity index (χ4n) is 4.69. The Kier molecular flexibility index (Phi) is 5.42. The standard InChI is InChI=1S/C23H31ClN4OS/c1-23(2,14-24)22(29)28-12-10-27(11-13-28)20-18-16-6-4-3-5-7-17(16)30-21(18)26-19(25-20)15-8-9-15/h15H,3-14H2,1-2H3. The van der Waals surface area contributed by atoms with Gasteiger partial charge < -0.3 is 9.80 Å². The summed E-state index contributed by atoms with van der Waals surface area (Å²) >= 11 is 7.95. The van der Waals surface area contributed by atoms with Gasteiger partial charge in [0.1, 0.15) is 16.5 Å². The molecule has 0 aromatic carbocycles. The van der Waals surface area contributed by atoms with Crippen LogP contribution in [0.2, 0.25) is 0 Å². The van der Waals surface area contributed by atoms with Crippen LogP contribution in [0.15, 0.2) is 0 Å². The van der Waals surface area contributed by atoms with Crippen molar-refractivity contribution >= 4 is 44.9 Å². The van der Waals surface area contributed by atoms with Crippen molar-refractivity contribution in [2.24, 2.45) is 5.41 Å². The molecule has 7 heteroatoms. The van der Waals surface area contributed by atoms with E-state index < -0.39 is 5.41 Å². The molecule has 0 radical (unpaired) electrons. The highest BCUT2D eigenvalue weighted by Gasteiger charge is 2.35. The Morgan fingerprint density at radius 2 is 1.83 bits per heavy atom. The average Bonchev–Trinajstić information content (AvgIpc) is 3.58. The molecule has 5 nitrogen and oxygen atoms in total. The number of aryl methyl sites for hydroxylation is 2. The zero-order valence-corrected chi connectivity index (χ0v) is 19.6. The number of fused-ring (bicyclic) bond motifs is 3. The van der Waals surface area contributed by atoms with Crippen LogP contribution < -0.4 is 4.90 Å². The Morgan fingerprint density at radius 3 is 2.53 bits per heavy atom. The number of anilines is 1. The zero-order valence-electron chi connectivity index (χ0n) is 18.0. The smallest absolute Gasteiger partial charge is 0.229 e. The SMILES string of the molecule is CC(C)(CCl)C(=O)N1CCN(c2nc(C3CC3)nc3sc4c(c23)CCCCC4)CC1. The summed E-state index contributed by atoms with van der Waals surface area (Å²) in [5, 5.41) is 1.31. The summed E-state index contributed by atoms with van der Waals surface area (Å²) in [6, 6.07) is 0. The number of thiophene rings is 1. The van der Waals surface area contributed by atoms with Crippen molar-refractivity contribution in [2.75, 3.05) is 37.0 Å². The average molecular weight is 447 g/mol. The Hall–Kier alpha value is -1.40. The molecule has 3 aliphatic rings. The Labute approximate surface area is 187 Å². The number of hydrogen-bond donors (Lipinski definition) is 0. The fourth-order valence-corrected chi connectivity index (χ4v) is 6.07. The van der Waals surface area contributed by atoms with Crippen molar-refractivity contribution in [1.29, 1.82) is 0 Å². The van der Waals surface area contributed by atoms with Crippen LogP contribution in [0.4, 0.5) is 5.82 Å². The van der Waals surface area contributed by atoms with Gasteiger partial charge >= 0.3 is 0 Å². The van der Waals surface area contributed by atoms with Gasteiger partial charge in [0.15, 0.2) is 0 Å². The highest BCUT2D eigenvalue weighted by atomic mass is 35.5. The minimum absolute atomic E-state index is 0.160. The van der Waals surface area contributed by atoms with E-state index in [1.165, 1.54) is 59.2 Å². The van der Waals surface area contributed by atoms with E-state index in [0.717, 1.165) is 44.2 Å². The number of nitrogens with zero attached hydrogens (tertiary/aromatic N) is 4. The molecule has 162 valence electrons. The summed E-state index contributed by atoms with van der Waals surface area (Å²) in [5.74, 6) is 3.22. The van der Waals surface area contributed by atoms with E-state index in [1.54, 1.807) is 0 Å². The van der Waals surface area contributed by atoms with E-state index in [-0.39, 0.29) is 5.91 Å². The van der Waals surface area contributed by atoms with E-state index in [0.29, 0.717) is 11.8 Å². The van der Waals surface area contributed by atoms with Crippen LogP contribution in [0.5, 0.6) is 0 Å². The molecule has 3 heterocycles. The maximum atomic E-state index is 12.8. The number of amides is 1. The molecule has 2 aromatic heterocycles. The lowest BCUT2D eigenvalue weighted by Crippen LogP contribution is -2.52. The van der Waals surface area contributed by atoms with Crippen LogP contribution in [-0.4, -0.2) is 52.8 Å². The summed E-state index contributed by atoms with van der Waals surface area (Å²) < 4.78 is 0. The predicted molar refractivity (Wildman–Crippen MR) is 124 cm³/mol. The molecule has 2 fully saturated rings. The summed E-state index contributed by atoms with van der Waals surface area (Å²) in [6.07, 6.45) is 8.63. The van der Waals surface area contributed by atoms with E-state index in [9.17, 15) is 4.79 Å². The first-order valence-corrected chi connectivity index (χ1v) is 12.8. The fraction of sp³-hybridized carbons (Fsp3) is 0.696. The lowest BCUT2D eigenvalue weighted by molar-refractivity contribution is -0.139. The van der Waals surface area contributed by atoms with Gasteiger partial charge in [-0.15, -0.1) is 22.9 Å². The summed E-state index contributed by atoms with van der Waals surface area (Å²) in [7, 11) is 0. The highest BCUT2D eigenvalue weighted by Crippen LogP contribution is 2.44. The number of alkyl halides is 1. The molecule has 0 atom stereocenters. The second kappa shape index (κ2) is 7.94. The lowest BCUT2D eigenvalue weighted by atomic mass is 9.94. The molecule has 5 rings (SSSR count). The number of piperazine rings is 1. The molecule has 30 heavy (non-hydrogen) atoms. The second-order valence-electron chi connectivity index (χ2n) is 9.72. The van der Waals surface area contributed by atoms with Crippen LogP contribution in [-0.2, 0) is 17.6 Å². The van der Waals surface area contributed by atoms with Crippen molar-refractivity contribution in [3.63, 3.8) is 0 Å². The van der Waals surface area contributed by atoms with Gasteiger partial charge in [-0.2, -0.15) is 0 Å². The minimum Gasteiger partial charge on any atom is -0.352 e. The van der Waals surface area contributed by atoms with Crippen molar-refractivity contribution in [1.82, 2.24) is 14.9 Å². The first kappa shape index (κ1) is 20.5. The molecule has 1 aliphatic heterocycles. The van der Waals surface area contributed by atoms with E-state index >= 15 is 0 Å². The summed E-state index contributed by atoms with van der Waals surface area (Å²) in [5.41, 5.74) is 1.00. The quantitative estimate of drug-likeness (QED) is 0.502. The third-order valence-corrected chi connectivity index (χ3v) is 8.64. The van der Waals surface area contributed by atoms with Crippen LogP contribution in [0, 0.1) is 5.41 Å². The number of carbonyl (C=O) groups is 1. The molecule has 1 saturated carbocycles. The molecule has 0 bridgehead atoms. The number of aromatic nitrogens is 2. The van der Waals surface area contributed by atoms with Gasteiger partial charge in [0, 0.05) is 42.9 Å². The van der Waals surface area contributed by atoms with Crippen molar-refractivity contribution < 1.29 is 4.79 Å². The molecule has 1 amide bonds. The largest absolute Gasteiger partial charge is 0.352 e. The number of halogens is 1. The maximum absolute atomic E-state index is 12.8. The molecule has 0 spiro atoms. The minimum atomic E-state index is -0.504. The van der Waals surface area contributed by atoms with Gasteiger partial charge in [-0.1, -0.05) is 6.42 Å². The van der Waals surface area contributed by atoms with Crippen LogP contribution >= 0.6 is 22.9 Å². The van der Waals surface area contributed by atoms with E-state index in [2.05, 4.69) is 4.90 Å². The summed E-state index contributed by atoms with van der Waals surface area (Å²) in [4.78, 5) is 30.1. The van der Waals surface area contributed by atoms with Crippen LogP contribution in [0.3, 0.4) is 0 Å². The summed E-state index contributed by atoms with van der Waals surface area (Å²) in [6.45, 7) is 6.98. The van der Waals surface area contributed by atoms with Gasteiger partial charge in [0.25, 0.3) is 0 Å². The van der Waals surface area contributed by atoms with Gasteiger partial charge in [0.05, 0.1) is 10.8 Å². The molecule has 2 aliphatic carbocycles. The molecule has 2 aromatic rings. The number of carbonyl (C=O) groups excluding carboxylic acids is 1. The third-order valence-electron chi connectivity index (χ3n) is 6.78. The number of hydrogen-bond acceptors (Lipinski definition) is 5. The van der Waals surface area contributed by atoms with Crippen molar-refractivity contribution in [2.45, 2.75) is 64.7 Å². The first-order chi connectivity index (χ1) is 14.5. The van der Waals surface area contributed by atoms with E-state index in [1.807, 2.05) is 30.1 Å². The third kappa shape index (κ3) is 3.70. The molecule has 0 unspecified atom stereocenters. The van der Waals surface area contributed by atoms with Crippen molar-refractivity contribution in [3.05, 3.63) is 16.3 Å². The predicted octanol–water partition coefficient (Wildman–Crippen LogP) is 4.75. The maximum Gasteiger partial charge on any atom is 0.229 e. The second-order valence-corrected chi connectivity index (χ2v) is 11.1. The van der Waals surface area contributed by atoms with Gasteiger partial charge in [0.2, 0.25) is 5.91 Å². The Balaban J connectivity index is 1.46. The lowest BCUT2D eigenvalue weighted by Gasteiger charge is -2.39. The van der Waals surface area contributed by atoms with Crippen LogP contribution in [0.25, 0.3) is 10.2 Å². The molecular weight excluding hydrogens is 416 g/mol. The zero-order chi connectivity index (χ0) is 20.9.